The SMILES string of the molecule is NCc1nncc(-c2ccccc2Br)n1. The third-order valence-corrected chi connectivity index (χ3v) is 2.63. The maximum absolute atomic E-state index is 5.46. The van der Waals surface area contributed by atoms with Crippen LogP contribution in [0.2, 0.25) is 0 Å². The third kappa shape index (κ3) is 2.19. The molecule has 1 aromatic carbocycles. The minimum absolute atomic E-state index is 0.297. The van der Waals surface area contributed by atoms with E-state index in [0.717, 1.165) is 15.7 Å². The van der Waals surface area contributed by atoms with Crippen molar-refractivity contribution in [2.24, 2.45) is 5.73 Å². The summed E-state index contributed by atoms with van der Waals surface area (Å²) in [6.45, 7) is 0.297. The first-order chi connectivity index (χ1) is 7.31. The molecule has 1 aromatic heterocycles. The number of hydrogen-bond donors (Lipinski definition) is 1. The summed E-state index contributed by atoms with van der Waals surface area (Å²) >= 11 is 3.46. The minimum atomic E-state index is 0.297. The van der Waals surface area contributed by atoms with Gasteiger partial charge >= 0.3 is 0 Å². The second-order valence-corrected chi connectivity index (χ2v) is 3.80. The number of nitrogens with zero attached hydrogens (tertiary/aromatic N) is 3. The number of halogens is 1. The van der Waals surface area contributed by atoms with Gasteiger partial charge < -0.3 is 5.73 Å². The van der Waals surface area contributed by atoms with Crippen molar-refractivity contribution < 1.29 is 0 Å². The van der Waals surface area contributed by atoms with Crippen molar-refractivity contribution in [2.75, 3.05) is 0 Å². The zero-order valence-corrected chi connectivity index (χ0v) is 9.48. The molecule has 0 saturated carbocycles. The van der Waals surface area contributed by atoms with Crippen molar-refractivity contribution >= 4 is 15.9 Å². The minimum Gasteiger partial charge on any atom is -0.324 e. The van der Waals surface area contributed by atoms with E-state index in [2.05, 4.69) is 31.1 Å². The molecule has 0 spiro atoms. The van der Waals surface area contributed by atoms with Gasteiger partial charge in [-0.2, -0.15) is 5.10 Å². The summed E-state index contributed by atoms with van der Waals surface area (Å²) in [5, 5.41) is 7.67. The van der Waals surface area contributed by atoms with Crippen LogP contribution in [0.5, 0.6) is 0 Å². The van der Waals surface area contributed by atoms with Crippen LogP contribution in [0.25, 0.3) is 11.3 Å². The van der Waals surface area contributed by atoms with Gasteiger partial charge in [-0.25, -0.2) is 4.98 Å². The molecular formula is C10H9BrN4. The highest BCUT2D eigenvalue weighted by Gasteiger charge is 2.05. The summed E-state index contributed by atoms with van der Waals surface area (Å²) in [6.07, 6.45) is 1.62. The van der Waals surface area contributed by atoms with Crippen molar-refractivity contribution in [3.63, 3.8) is 0 Å². The summed E-state index contributed by atoms with van der Waals surface area (Å²) < 4.78 is 0.980. The highest BCUT2D eigenvalue weighted by Crippen LogP contribution is 2.25. The zero-order valence-electron chi connectivity index (χ0n) is 7.89. The van der Waals surface area contributed by atoms with E-state index in [1.165, 1.54) is 0 Å². The van der Waals surface area contributed by atoms with Gasteiger partial charge in [0.05, 0.1) is 18.4 Å². The second-order valence-electron chi connectivity index (χ2n) is 2.94. The molecule has 0 atom stereocenters. The fraction of sp³-hybridized carbons (Fsp3) is 0.100. The second kappa shape index (κ2) is 4.46. The molecule has 4 nitrogen and oxygen atoms in total. The Morgan fingerprint density at radius 2 is 2.07 bits per heavy atom. The van der Waals surface area contributed by atoms with Crippen LogP contribution in [0.4, 0.5) is 0 Å². The zero-order chi connectivity index (χ0) is 10.7. The molecule has 0 fully saturated rings. The van der Waals surface area contributed by atoms with Crippen LogP contribution >= 0.6 is 15.9 Å². The van der Waals surface area contributed by atoms with Crippen LogP contribution in [0.15, 0.2) is 34.9 Å². The van der Waals surface area contributed by atoms with E-state index < -0.39 is 0 Å². The molecule has 2 rings (SSSR count). The average Bonchev–Trinajstić information content (AvgIpc) is 2.30. The molecule has 0 radical (unpaired) electrons. The Bertz CT molecular complexity index is 472. The van der Waals surface area contributed by atoms with Crippen molar-refractivity contribution in [1.82, 2.24) is 15.2 Å². The molecule has 2 aromatic rings. The standard InChI is InChI=1S/C10H9BrN4/c11-8-4-2-1-3-7(8)9-6-13-15-10(5-12)14-9/h1-4,6H,5,12H2. The van der Waals surface area contributed by atoms with Gasteiger partial charge in [-0.05, 0) is 6.07 Å². The molecule has 0 aliphatic heterocycles. The van der Waals surface area contributed by atoms with Crippen LogP contribution in [0, 0.1) is 0 Å². The number of benzene rings is 1. The van der Waals surface area contributed by atoms with Crippen LogP contribution in [0.3, 0.4) is 0 Å². The number of hydrogen-bond acceptors (Lipinski definition) is 4. The summed E-state index contributed by atoms with van der Waals surface area (Å²) in [5.41, 5.74) is 7.22. The lowest BCUT2D eigenvalue weighted by molar-refractivity contribution is 0.834. The largest absolute Gasteiger partial charge is 0.324 e. The summed E-state index contributed by atoms with van der Waals surface area (Å²) in [4.78, 5) is 4.29. The smallest absolute Gasteiger partial charge is 0.165 e. The fourth-order valence-corrected chi connectivity index (χ4v) is 1.71. The van der Waals surface area contributed by atoms with Crippen LogP contribution in [0.1, 0.15) is 5.82 Å². The van der Waals surface area contributed by atoms with Crippen molar-refractivity contribution in [3.8, 4) is 11.3 Å². The highest BCUT2D eigenvalue weighted by atomic mass is 79.9. The van der Waals surface area contributed by atoms with E-state index >= 15 is 0 Å². The molecule has 0 bridgehead atoms. The topological polar surface area (TPSA) is 64.7 Å². The van der Waals surface area contributed by atoms with E-state index in [-0.39, 0.29) is 0 Å². The van der Waals surface area contributed by atoms with Gasteiger partial charge in [-0.1, -0.05) is 34.1 Å². The van der Waals surface area contributed by atoms with E-state index in [1.54, 1.807) is 6.20 Å². The lowest BCUT2D eigenvalue weighted by Gasteiger charge is -2.03. The summed E-state index contributed by atoms with van der Waals surface area (Å²) in [6, 6.07) is 7.82. The predicted octanol–water partition coefficient (Wildman–Crippen LogP) is 1.76. The lowest BCUT2D eigenvalue weighted by Crippen LogP contribution is -2.05. The quantitative estimate of drug-likeness (QED) is 0.898. The van der Waals surface area contributed by atoms with E-state index in [4.69, 9.17) is 5.73 Å². The van der Waals surface area contributed by atoms with Crippen LogP contribution in [-0.4, -0.2) is 15.2 Å². The Balaban J connectivity index is 2.49. The fourth-order valence-electron chi connectivity index (χ4n) is 1.23. The van der Waals surface area contributed by atoms with Gasteiger partial charge in [-0.3, -0.25) is 0 Å². The number of nitrogens with two attached hydrogens (primary N) is 1. The molecular weight excluding hydrogens is 256 g/mol. The molecule has 0 amide bonds. The summed E-state index contributed by atoms with van der Waals surface area (Å²) in [5.74, 6) is 0.545. The first-order valence-corrected chi connectivity index (χ1v) is 5.24. The van der Waals surface area contributed by atoms with E-state index in [9.17, 15) is 0 Å². The molecule has 15 heavy (non-hydrogen) atoms. The maximum atomic E-state index is 5.46. The molecule has 0 aliphatic rings. The Morgan fingerprint density at radius 1 is 1.27 bits per heavy atom. The first kappa shape index (κ1) is 10.2. The van der Waals surface area contributed by atoms with Crippen molar-refractivity contribution in [1.29, 1.82) is 0 Å². The first-order valence-electron chi connectivity index (χ1n) is 4.45. The third-order valence-electron chi connectivity index (χ3n) is 1.94. The Morgan fingerprint density at radius 3 is 2.80 bits per heavy atom. The van der Waals surface area contributed by atoms with Gasteiger partial charge in [0, 0.05) is 10.0 Å². The van der Waals surface area contributed by atoms with Crippen molar-refractivity contribution in [3.05, 3.63) is 40.8 Å². The monoisotopic (exact) mass is 264 g/mol. The molecule has 76 valence electrons. The van der Waals surface area contributed by atoms with Crippen LogP contribution < -0.4 is 5.73 Å². The Hall–Kier alpha value is -1.33. The molecule has 0 aliphatic carbocycles. The van der Waals surface area contributed by atoms with Gasteiger partial charge in [0.2, 0.25) is 0 Å². The van der Waals surface area contributed by atoms with Gasteiger partial charge in [0.1, 0.15) is 0 Å². The van der Waals surface area contributed by atoms with Gasteiger partial charge in [0.25, 0.3) is 0 Å². The maximum Gasteiger partial charge on any atom is 0.165 e. The van der Waals surface area contributed by atoms with Gasteiger partial charge in [0.15, 0.2) is 5.82 Å². The molecule has 1 heterocycles. The lowest BCUT2D eigenvalue weighted by atomic mass is 10.2. The molecule has 0 saturated heterocycles. The van der Waals surface area contributed by atoms with E-state index in [0.29, 0.717) is 12.4 Å². The Kier molecular flexibility index (Phi) is 3.03. The number of aromatic nitrogens is 3. The van der Waals surface area contributed by atoms with Crippen molar-refractivity contribution in [2.45, 2.75) is 6.54 Å². The summed E-state index contributed by atoms with van der Waals surface area (Å²) in [7, 11) is 0. The highest BCUT2D eigenvalue weighted by molar-refractivity contribution is 9.10. The predicted molar refractivity (Wildman–Crippen MR) is 60.9 cm³/mol. The normalized spacial score (nSPS) is 10.3. The number of rotatable bonds is 2. The molecule has 5 heteroatoms. The molecule has 2 N–H and O–H groups in total. The van der Waals surface area contributed by atoms with Gasteiger partial charge in [-0.15, -0.1) is 5.10 Å². The Labute approximate surface area is 95.7 Å². The van der Waals surface area contributed by atoms with E-state index in [1.807, 2.05) is 24.3 Å². The average molecular weight is 265 g/mol. The van der Waals surface area contributed by atoms with Crippen LogP contribution in [-0.2, 0) is 6.54 Å². The molecule has 0 unspecified atom stereocenters.